The average molecular weight is 478 g/mol. The number of benzene rings is 2. The fraction of sp³-hybridized carbons (Fsp3) is 0.269. The SMILES string of the molecule is Cc1ccc(C(=O)Nc2cc(C#N)ccc2N2CCC(Oc3ccc(F)cc3F)CC2)c(=O)n1C. The molecule has 1 aliphatic rings. The van der Waals surface area contributed by atoms with E-state index in [-0.39, 0.29) is 17.4 Å². The topological polar surface area (TPSA) is 87.4 Å². The molecule has 1 aliphatic heterocycles. The molecule has 2 aromatic carbocycles. The number of carbonyl (C=O) groups is 1. The van der Waals surface area contributed by atoms with Crippen molar-refractivity contribution in [1.29, 1.82) is 5.26 Å². The largest absolute Gasteiger partial charge is 0.487 e. The van der Waals surface area contributed by atoms with Crippen molar-refractivity contribution in [3.05, 3.63) is 87.3 Å². The number of hydrogen-bond donors (Lipinski definition) is 1. The van der Waals surface area contributed by atoms with E-state index in [9.17, 15) is 23.6 Å². The van der Waals surface area contributed by atoms with Gasteiger partial charge in [-0.15, -0.1) is 0 Å². The number of anilines is 2. The number of piperidine rings is 1. The zero-order valence-electron chi connectivity index (χ0n) is 19.3. The number of amides is 1. The van der Waals surface area contributed by atoms with Crippen molar-refractivity contribution in [2.45, 2.75) is 25.9 Å². The Labute approximate surface area is 201 Å². The van der Waals surface area contributed by atoms with E-state index in [4.69, 9.17) is 4.74 Å². The molecule has 1 fully saturated rings. The highest BCUT2D eigenvalue weighted by atomic mass is 19.1. The fourth-order valence-corrected chi connectivity index (χ4v) is 4.04. The Morgan fingerprint density at radius 2 is 1.86 bits per heavy atom. The minimum Gasteiger partial charge on any atom is -0.487 e. The van der Waals surface area contributed by atoms with E-state index >= 15 is 0 Å². The quantitative estimate of drug-likeness (QED) is 0.596. The summed E-state index contributed by atoms with van der Waals surface area (Å²) in [5, 5.41) is 12.1. The van der Waals surface area contributed by atoms with Gasteiger partial charge in [-0.2, -0.15) is 5.26 Å². The van der Waals surface area contributed by atoms with E-state index < -0.39 is 23.1 Å². The molecule has 0 bridgehead atoms. The molecule has 180 valence electrons. The third-order valence-corrected chi connectivity index (χ3v) is 6.14. The summed E-state index contributed by atoms with van der Waals surface area (Å²) in [5.74, 6) is -1.96. The molecular weight excluding hydrogens is 454 g/mol. The summed E-state index contributed by atoms with van der Waals surface area (Å²) < 4.78 is 34.2. The van der Waals surface area contributed by atoms with Crippen molar-refractivity contribution >= 4 is 17.3 Å². The monoisotopic (exact) mass is 478 g/mol. The van der Waals surface area contributed by atoms with E-state index in [0.717, 1.165) is 17.8 Å². The van der Waals surface area contributed by atoms with E-state index in [2.05, 4.69) is 11.4 Å². The molecule has 0 atom stereocenters. The third kappa shape index (κ3) is 5.17. The predicted octanol–water partition coefficient (Wildman–Crippen LogP) is 4.14. The lowest BCUT2D eigenvalue weighted by Crippen LogP contribution is -2.39. The van der Waals surface area contributed by atoms with Crippen LogP contribution in [-0.4, -0.2) is 29.7 Å². The molecule has 3 aromatic rings. The first-order valence-corrected chi connectivity index (χ1v) is 11.2. The number of halogens is 2. The molecule has 0 aliphatic carbocycles. The molecular formula is C26H24F2N4O3. The molecule has 0 unspecified atom stereocenters. The van der Waals surface area contributed by atoms with Crippen LogP contribution in [0.5, 0.6) is 5.75 Å². The van der Waals surface area contributed by atoms with E-state index in [1.54, 1.807) is 38.2 Å². The zero-order chi connectivity index (χ0) is 25.1. The lowest BCUT2D eigenvalue weighted by atomic mass is 10.1. The van der Waals surface area contributed by atoms with Crippen molar-refractivity contribution < 1.29 is 18.3 Å². The normalized spacial score (nSPS) is 13.9. The molecule has 7 nitrogen and oxygen atoms in total. The van der Waals surface area contributed by atoms with Crippen LogP contribution < -0.4 is 20.5 Å². The molecule has 0 radical (unpaired) electrons. The first-order valence-electron chi connectivity index (χ1n) is 11.2. The Hall–Kier alpha value is -4.19. The number of nitriles is 1. The number of nitrogens with zero attached hydrogens (tertiary/aromatic N) is 3. The minimum atomic E-state index is -0.744. The lowest BCUT2D eigenvalue weighted by Gasteiger charge is -2.34. The average Bonchev–Trinajstić information content (AvgIpc) is 2.85. The van der Waals surface area contributed by atoms with Gasteiger partial charge < -0.3 is 19.5 Å². The predicted molar refractivity (Wildman–Crippen MR) is 128 cm³/mol. The molecule has 9 heteroatoms. The van der Waals surface area contributed by atoms with E-state index in [1.165, 1.54) is 16.7 Å². The van der Waals surface area contributed by atoms with Gasteiger partial charge in [-0.1, -0.05) is 0 Å². The second-order valence-corrected chi connectivity index (χ2v) is 8.43. The Morgan fingerprint density at radius 3 is 2.54 bits per heavy atom. The van der Waals surface area contributed by atoms with Crippen LogP contribution in [0.4, 0.5) is 20.2 Å². The molecule has 1 N–H and O–H groups in total. The number of hydrogen-bond acceptors (Lipinski definition) is 5. The van der Waals surface area contributed by atoms with Gasteiger partial charge in [0.05, 0.1) is 23.0 Å². The summed E-state index contributed by atoms with van der Waals surface area (Å²) in [6.07, 6.45) is 0.893. The molecule has 0 spiro atoms. The van der Waals surface area contributed by atoms with Gasteiger partial charge in [0.25, 0.3) is 11.5 Å². The van der Waals surface area contributed by atoms with E-state index in [0.29, 0.717) is 42.9 Å². The van der Waals surface area contributed by atoms with Gasteiger partial charge in [0, 0.05) is 44.7 Å². The van der Waals surface area contributed by atoms with Gasteiger partial charge in [-0.25, -0.2) is 8.78 Å². The van der Waals surface area contributed by atoms with Crippen LogP contribution in [0.15, 0.2) is 53.3 Å². The number of nitrogens with one attached hydrogen (secondary N) is 1. The molecule has 4 rings (SSSR count). The van der Waals surface area contributed by atoms with Crippen molar-refractivity contribution in [1.82, 2.24) is 4.57 Å². The molecule has 0 saturated carbocycles. The summed E-state index contributed by atoms with van der Waals surface area (Å²) in [5.41, 5.74) is 1.80. The Balaban J connectivity index is 1.51. The standard InChI is InChI=1S/C26H24F2N4O3/c1-16-3-6-20(26(34)31(16)2)25(33)30-22-13-17(15-29)4-7-23(22)32-11-9-19(10-12-32)35-24-8-5-18(27)14-21(24)28/h3-8,13-14,19H,9-12H2,1-2H3,(H,30,33). The maximum atomic E-state index is 13.9. The smallest absolute Gasteiger partial charge is 0.263 e. The van der Waals surface area contributed by atoms with Crippen LogP contribution in [0.25, 0.3) is 0 Å². The van der Waals surface area contributed by atoms with Gasteiger partial charge in [-0.05, 0) is 49.4 Å². The van der Waals surface area contributed by atoms with Gasteiger partial charge in [0.1, 0.15) is 17.5 Å². The van der Waals surface area contributed by atoms with Crippen LogP contribution in [-0.2, 0) is 7.05 Å². The highest BCUT2D eigenvalue weighted by molar-refractivity contribution is 6.05. The maximum Gasteiger partial charge on any atom is 0.263 e. The first-order chi connectivity index (χ1) is 16.8. The first kappa shape index (κ1) is 24.0. The highest BCUT2D eigenvalue weighted by Crippen LogP contribution is 2.31. The second kappa shape index (κ2) is 9.97. The summed E-state index contributed by atoms with van der Waals surface area (Å²) in [7, 11) is 1.60. The summed E-state index contributed by atoms with van der Waals surface area (Å²) in [6.45, 7) is 2.87. The van der Waals surface area contributed by atoms with Crippen LogP contribution >= 0.6 is 0 Å². The third-order valence-electron chi connectivity index (χ3n) is 6.14. The number of aromatic nitrogens is 1. The van der Waals surface area contributed by atoms with Gasteiger partial charge in [-0.3, -0.25) is 9.59 Å². The number of rotatable bonds is 5. The van der Waals surface area contributed by atoms with Crippen molar-refractivity contribution in [2.75, 3.05) is 23.3 Å². The number of ether oxygens (including phenoxy) is 1. The molecule has 1 amide bonds. The Morgan fingerprint density at radius 1 is 1.11 bits per heavy atom. The lowest BCUT2D eigenvalue weighted by molar-refractivity contribution is 0.102. The molecule has 1 saturated heterocycles. The summed E-state index contributed by atoms with van der Waals surface area (Å²) in [6, 6.07) is 13.4. The summed E-state index contributed by atoms with van der Waals surface area (Å²) in [4.78, 5) is 27.5. The van der Waals surface area contributed by atoms with E-state index in [1.807, 2.05) is 4.90 Å². The van der Waals surface area contributed by atoms with Crippen LogP contribution in [0, 0.1) is 29.9 Å². The zero-order valence-corrected chi connectivity index (χ0v) is 19.3. The fourth-order valence-electron chi connectivity index (χ4n) is 4.04. The number of aryl methyl sites for hydroxylation is 1. The van der Waals surface area contributed by atoms with Crippen LogP contribution in [0.1, 0.15) is 34.5 Å². The second-order valence-electron chi connectivity index (χ2n) is 8.43. The number of pyridine rings is 1. The molecule has 35 heavy (non-hydrogen) atoms. The minimum absolute atomic E-state index is 0.000145. The number of carbonyl (C=O) groups excluding carboxylic acids is 1. The maximum absolute atomic E-state index is 13.9. The van der Waals surface area contributed by atoms with Crippen molar-refractivity contribution in [3.63, 3.8) is 0 Å². The van der Waals surface area contributed by atoms with Crippen LogP contribution in [0.3, 0.4) is 0 Å². The Kier molecular flexibility index (Phi) is 6.82. The molecule has 2 heterocycles. The van der Waals surface area contributed by atoms with Gasteiger partial charge >= 0.3 is 0 Å². The summed E-state index contributed by atoms with van der Waals surface area (Å²) >= 11 is 0. The van der Waals surface area contributed by atoms with Gasteiger partial charge in [0.2, 0.25) is 0 Å². The molecule has 1 aromatic heterocycles. The van der Waals surface area contributed by atoms with Gasteiger partial charge in [0.15, 0.2) is 11.6 Å². The van der Waals surface area contributed by atoms with Crippen molar-refractivity contribution in [3.8, 4) is 11.8 Å². The van der Waals surface area contributed by atoms with Crippen molar-refractivity contribution in [2.24, 2.45) is 7.05 Å². The Bertz CT molecular complexity index is 1370. The van der Waals surface area contributed by atoms with Crippen LogP contribution in [0.2, 0.25) is 0 Å². The highest BCUT2D eigenvalue weighted by Gasteiger charge is 2.24.